The van der Waals surface area contributed by atoms with Gasteiger partial charge in [0.25, 0.3) is 10.1 Å². The minimum absolute atomic E-state index is 0.319. The first-order chi connectivity index (χ1) is 4.77. The zero-order valence-corrected chi connectivity index (χ0v) is 7.70. The molecule has 0 aliphatic rings. The predicted octanol–water partition coefficient (Wildman–Crippen LogP) is -0.623. The number of hydrogen-bond acceptors (Lipinski definition) is 4. The third-order valence-corrected chi connectivity index (χ3v) is 2.09. The molecule has 68 valence electrons. The summed E-state index contributed by atoms with van der Waals surface area (Å²) in [5.74, 6) is -0.319. The van der Waals surface area contributed by atoms with E-state index < -0.39 is 15.7 Å². The van der Waals surface area contributed by atoms with Crippen LogP contribution in [0.25, 0.3) is 0 Å². The van der Waals surface area contributed by atoms with Crippen molar-refractivity contribution in [1.29, 1.82) is 0 Å². The smallest absolute Gasteiger partial charge is 0.266 e. The lowest BCUT2D eigenvalue weighted by Gasteiger charge is -2.23. The van der Waals surface area contributed by atoms with Crippen LogP contribution in [0.1, 0.15) is 13.8 Å². The summed E-state index contributed by atoms with van der Waals surface area (Å²) >= 11 is 0. The van der Waals surface area contributed by atoms with E-state index in [2.05, 4.69) is 10.9 Å². The highest BCUT2D eigenvalue weighted by Crippen LogP contribution is 2.03. The van der Waals surface area contributed by atoms with Gasteiger partial charge in [-0.25, -0.2) is 0 Å². The third kappa shape index (κ3) is 6.24. The lowest BCUT2D eigenvalue weighted by Crippen LogP contribution is -2.50. The average molecular weight is 182 g/mol. The molecule has 0 saturated carbocycles. The van der Waals surface area contributed by atoms with Gasteiger partial charge in [-0.3, -0.25) is 15.4 Å². The number of hydrazine groups is 1. The van der Waals surface area contributed by atoms with Crippen LogP contribution in [0.3, 0.4) is 0 Å². The van der Waals surface area contributed by atoms with Gasteiger partial charge in [-0.05, 0) is 20.9 Å². The van der Waals surface area contributed by atoms with Crippen molar-refractivity contribution in [2.45, 2.75) is 19.4 Å². The topological polar surface area (TPSA) is 78.4 Å². The molecule has 0 radical (unpaired) electrons. The maximum Gasteiger partial charge on any atom is 0.266 e. The summed E-state index contributed by atoms with van der Waals surface area (Å²) in [7, 11) is -2.28. The van der Waals surface area contributed by atoms with Crippen molar-refractivity contribution in [2.24, 2.45) is 0 Å². The average Bonchev–Trinajstić information content (AvgIpc) is 1.55. The van der Waals surface area contributed by atoms with E-state index in [1.54, 1.807) is 20.9 Å². The molecule has 0 aromatic rings. The Bertz CT molecular complexity index is 210. The lowest BCUT2D eigenvalue weighted by molar-refractivity contribution is 0.368. The van der Waals surface area contributed by atoms with Crippen molar-refractivity contribution in [1.82, 2.24) is 10.9 Å². The van der Waals surface area contributed by atoms with Crippen LogP contribution in [0.5, 0.6) is 0 Å². The fourth-order valence-corrected chi connectivity index (χ4v) is 1.81. The Morgan fingerprint density at radius 3 is 2.18 bits per heavy atom. The summed E-state index contributed by atoms with van der Waals surface area (Å²) in [5.41, 5.74) is 4.63. The van der Waals surface area contributed by atoms with E-state index in [0.717, 1.165) is 0 Å². The molecule has 11 heavy (non-hydrogen) atoms. The summed E-state index contributed by atoms with van der Waals surface area (Å²) in [5, 5.41) is 0. The largest absolute Gasteiger partial charge is 0.285 e. The van der Waals surface area contributed by atoms with Crippen LogP contribution in [0.4, 0.5) is 0 Å². The molecule has 6 heteroatoms. The van der Waals surface area contributed by atoms with Gasteiger partial charge in [0.1, 0.15) is 0 Å². The monoisotopic (exact) mass is 182 g/mol. The highest BCUT2D eigenvalue weighted by Gasteiger charge is 2.23. The van der Waals surface area contributed by atoms with Gasteiger partial charge < -0.3 is 0 Å². The molecule has 0 fully saturated rings. The molecule has 0 aliphatic heterocycles. The normalized spacial score (nSPS) is 13.5. The molecule has 3 N–H and O–H groups in total. The second-order valence-electron chi connectivity index (χ2n) is 2.99. The second-order valence-corrected chi connectivity index (χ2v) is 4.44. The zero-order chi connectivity index (χ0) is 9.12. The molecule has 0 heterocycles. The molecule has 0 spiro atoms. The van der Waals surface area contributed by atoms with Crippen molar-refractivity contribution in [3.05, 3.63) is 0 Å². The van der Waals surface area contributed by atoms with Crippen LogP contribution >= 0.6 is 0 Å². The first kappa shape index (κ1) is 10.8. The highest BCUT2D eigenvalue weighted by molar-refractivity contribution is 7.85. The summed E-state index contributed by atoms with van der Waals surface area (Å²) in [6.45, 7) is 3.33. The van der Waals surface area contributed by atoms with Gasteiger partial charge in [0.15, 0.2) is 0 Å². The standard InChI is InChI=1S/C5H14N2O3S/c1-5(2,7-6-3)4-11(8,9)10/h6-7H,4H2,1-3H3,(H,8,9,10). The molecule has 0 saturated heterocycles. The molecule has 0 aromatic heterocycles. The fourth-order valence-electron chi connectivity index (χ4n) is 0.830. The molecule has 0 unspecified atom stereocenters. The Balaban J connectivity index is 4.13. The lowest BCUT2D eigenvalue weighted by atomic mass is 10.1. The zero-order valence-electron chi connectivity index (χ0n) is 6.88. The van der Waals surface area contributed by atoms with Gasteiger partial charge in [-0.1, -0.05) is 0 Å². The van der Waals surface area contributed by atoms with Gasteiger partial charge in [0, 0.05) is 5.54 Å². The predicted molar refractivity (Wildman–Crippen MR) is 42.7 cm³/mol. The van der Waals surface area contributed by atoms with Crippen LogP contribution in [0.15, 0.2) is 0 Å². The van der Waals surface area contributed by atoms with Crippen LogP contribution in [0.2, 0.25) is 0 Å². The minimum atomic E-state index is -3.91. The number of nitrogens with one attached hydrogen (secondary N) is 2. The first-order valence-corrected chi connectivity index (χ1v) is 4.77. The maximum absolute atomic E-state index is 10.4. The van der Waals surface area contributed by atoms with Crippen LogP contribution < -0.4 is 10.9 Å². The SMILES string of the molecule is CNNC(C)(C)CS(=O)(=O)O. The van der Waals surface area contributed by atoms with Gasteiger partial charge in [-0.15, -0.1) is 0 Å². The van der Waals surface area contributed by atoms with Gasteiger partial charge in [-0.2, -0.15) is 8.42 Å². The highest BCUT2D eigenvalue weighted by atomic mass is 32.2. The molecule has 0 aromatic carbocycles. The molecule has 0 amide bonds. The van der Waals surface area contributed by atoms with Crippen LogP contribution in [-0.2, 0) is 10.1 Å². The Morgan fingerprint density at radius 1 is 1.45 bits per heavy atom. The second kappa shape index (κ2) is 3.48. The van der Waals surface area contributed by atoms with Crippen molar-refractivity contribution < 1.29 is 13.0 Å². The molecule has 0 bridgehead atoms. The quantitative estimate of drug-likeness (QED) is 0.399. The van der Waals surface area contributed by atoms with E-state index in [4.69, 9.17) is 4.55 Å². The Hall–Kier alpha value is -0.170. The van der Waals surface area contributed by atoms with Crippen LogP contribution in [-0.4, -0.2) is 31.3 Å². The van der Waals surface area contributed by atoms with Gasteiger partial charge >= 0.3 is 0 Å². The molecule has 0 aliphatic carbocycles. The van der Waals surface area contributed by atoms with E-state index in [1.165, 1.54) is 0 Å². The van der Waals surface area contributed by atoms with Crippen molar-refractivity contribution in [3.63, 3.8) is 0 Å². The molecular formula is C5H14N2O3S. The fraction of sp³-hybridized carbons (Fsp3) is 1.00. The molecule has 0 rings (SSSR count). The van der Waals surface area contributed by atoms with Crippen molar-refractivity contribution >= 4 is 10.1 Å². The maximum atomic E-state index is 10.4. The van der Waals surface area contributed by atoms with E-state index in [-0.39, 0.29) is 5.75 Å². The van der Waals surface area contributed by atoms with Gasteiger partial charge in [0.05, 0.1) is 5.75 Å². The number of hydrogen-bond donors (Lipinski definition) is 3. The summed E-state index contributed by atoms with van der Waals surface area (Å²) < 4.78 is 29.3. The first-order valence-electron chi connectivity index (χ1n) is 3.16. The number of rotatable bonds is 4. The Kier molecular flexibility index (Phi) is 3.43. The van der Waals surface area contributed by atoms with E-state index in [9.17, 15) is 8.42 Å². The molecular weight excluding hydrogens is 168 g/mol. The Labute approximate surface area is 66.9 Å². The van der Waals surface area contributed by atoms with Gasteiger partial charge in [0.2, 0.25) is 0 Å². The summed E-state index contributed by atoms with van der Waals surface area (Å²) in [4.78, 5) is 0. The molecule has 5 nitrogen and oxygen atoms in total. The van der Waals surface area contributed by atoms with Crippen molar-refractivity contribution in [3.8, 4) is 0 Å². The van der Waals surface area contributed by atoms with E-state index >= 15 is 0 Å². The van der Waals surface area contributed by atoms with E-state index in [0.29, 0.717) is 0 Å². The van der Waals surface area contributed by atoms with Crippen LogP contribution in [0, 0.1) is 0 Å². The van der Waals surface area contributed by atoms with Crippen molar-refractivity contribution in [2.75, 3.05) is 12.8 Å². The van der Waals surface area contributed by atoms with E-state index in [1.807, 2.05) is 0 Å². The molecule has 0 atom stereocenters. The third-order valence-electron chi connectivity index (χ3n) is 1.01. The summed E-state index contributed by atoms with van der Waals surface area (Å²) in [6.07, 6.45) is 0. The summed E-state index contributed by atoms with van der Waals surface area (Å²) in [6, 6.07) is 0. The Morgan fingerprint density at radius 2 is 1.91 bits per heavy atom. The minimum Gasteiger partial charge on any atom is -0.285 e.